The molecule has 1 aromatic heterocycles. The Hall–Kier alpha value is -1.45. The topological polar surface area (TPSA) is 34.9 Å². The first kappa shape index (κ1) is 18.9. The Bertz CT molecular complexity index is 836. The third-order valence-electron chi connectivity index (χ3n) is 2.77. The molecule has 0 unspecified atom stereocenters. The standard InChI is InChI=1S/C12H3Cl3F6N2O/c13-5-1-4(11(16,17)18)2-6(14)8(5)23-3-22-9(12(19,20)21)7(15)10(23)24/h1-3H. The highest BCUT2D eigenvalue weighted by atomic mass is 35.5. The van der Waals surface area contributed by atoms with Gasteiger partial charge in [-0.05, 0) is 12.1 Å². The van der Waals surface area contributed by atoms with Gasteiger partial charge in [0.25, 0.3) is 5.56 Å². The van der Waals surface area contributed by atoms with Crippen LogP contribution in [0.3, 0.4) is 0 Å². The summed E-state index contributed by atoms with van der Waals surface area (Å²) in [4.78, 5) is 15.0. The molecule has 1 heterocycles. The zero-order valence-electron chi connectivity index (χ0n) is 10.9. The fraction of sp³-hybridized carbons (Fsp3) is 0.167. The normalized spacial score (nSPS) is 12.5. The summed E-state index contributed by atoms with van der Waals surface area (Å²) in [6, 6.07) is 0.946. The SMILES string of the molecule is O=c1c(Cl)c(C(F)(F)F)ncn1-c1c(Cl)cc(C(F)(F)F)cc1Cl. The van der Waals surface area contributed by atoms with Crippen LogP contribution in [0.4, 0.5) is 26.3 Å². The lowest BCUT2D eigenvalue weighted by molar-refractivity contribution is -0.141. The minimum Gasteiger partial charge on any atom is -0.267 e. The van der Waals surface area contributed by atoms with E-state index in [1.807, 2.05) is 0 Å². The highest BCUT2D eigenvalue weighted by molar-refractivity contribution is 6.38. The number of hydrogen-bond donors (Lipinski definition) is 0. The number of benzene rings is 1. The third-order valence-corrected chi connectivity index (χ3v) is 3.69. The summed E-state index contributed by atoms with van der Waals surface area (Å²) in [7, 11) is 0. The number of hydrogen-bond acceptors (Lipinski definition) is 2. The van der Waals surface area contributed by atoms with E-state index in [0.717, 1.165) is 0 Å². The van der Waals surface area contributed by atoms with E-state index < -0.39 is 49.9 Å². The molecular formula is C12H3Cl3F6N2O. The Kier molecular flexibility index (Phi) is 4.82. The molecule has 0 aliphatic rings. The molecule has 0 aliphatic heterocycles. The van der Waals surface area contributed by atoms with Crippen molar-refractivity contribution >= 4 is 34.8 Å². The average molecular weight is 412 g/mol. The first-order chi connectivity index (χ1) is 10.8. The summed E-state index contributed by atoms with van der Waals surface area (Å²) in [5, 5.41) is -2.50. The van der Waals surface area contributed by atoms with Crippen molar-refractivity contribution in [2.75, 3.05) is 0 Å². The van der Waals surface area contributed by atoms with E-state index in [0.29, 0.717) is 23.0 Å². The summed E-state index contributed by atoms with van der Waals surface area (Å²) < 4.78 is 76.3. The number of halogens is 9. The van der Waals surface area contributed by atoms with E-state index in [-0.39, 0.29) is 0 Å². The lowest BCUT2D eigenvalue weighted by Gasteiger charge is -2.15. The molecular weight excluding hydrogens is 408 g/mol. The molecule has 0 N–H and O–H groups in total. The highest BCUT2D eigenvalue weighted by Gasteiger charge is 2.37. The van der Waals surface area contributed by atoms with Crippen molar-refractivity contribution in [2.24, 2.45) is 0 Å². The molecule has 0 amide bonds. The van der Waals surface area contributed by atoms with Gasteiger partial charge in [0.1, 0.15) is 11.3 Å². The fourth-order valence-corrected chi connectivity index (χ4v) is 2.66. The molecule has 12 heteroatoms. The smallest absolute Gasteiger partial charge is 0.267 e. The molecule has 130 valence electrons. The first-order valence-electron chi connectivity index (χ1n) is 5.75. The lowest BCUT2D eigenvalue weighted by Crippen LogP contribution is -2.25. The van der Waals surface area contributed by atoms with E-state index in [1.54, 1.807) is 0 Å². The van der Waals surface area contributed by atoms with Crippen LogP contribution in [0, 0.1) is 0 Å². The molecule has 0 atom stereocenters. The maximum atomic E-state index is 12.7. The largest absolute Gasteiger partial charge is 0.435 e. The Labute approximate surface area is 144 Å². The van der Waals surface area contributed by atoms with Crippen molar-refractivity contribution in [1.29, 1.82) is 0 Å². The van der Waals surface area contributed by atoms with Crippen LogP contribution in [0.5, 0.6) is 0 Å². The second kappa shape index (κ2) is 6.12. The van der Waals surface area contributed by atoms with Gasteiger partial charge in [0.2, 0.25) is 0 Å². The monoisotopic (exact) mass is 410 g/mol. The van der Waals surface area contributed by atoms with E-state index in [1.165, 1.54) is 0 Å². The third kappa shape index (κ3) is 3.47. The molecule has 2 aromatic rings. The number of nitrogens with zero attached hydrogens (tertiary/aromatic N) is 2. The van der Waals surface area contributed by atoms with Gasteiger partial charge in [-0.1, -0.05) is 34.8 Å². The van der Waals surface area contributed by atoms with Crippen LogP contribution >= 0.6 is 34.8 Å². The van der Waals surface area contributed by atoms with E-state index in [9.17, 15) is 31.1 Å². The number of alkyl halides is 6. The van der Waals surface area contributed by atoms with Crippen LogP contribution in [0.1, 0.15) is 11.3 Å². The minimum atomic E-state index is -4.98. The van der Waals surface area contributed by atoms with Gasteiger partial charge in [-0.3, -0.25) is 9.36 Å². The van der Waals surface area contributed by atoms with Crippen molar-refractivity contribution in [3.05, 3.63) is 55.1 Å². The summed E-state index contributed by atoms with van der Waals surface area (Å²) in [5.74, 6) is 0. The maximum absolute atomic E-state index is 12.7. The molecule has 0 spiro atoms. The summed E-state index contributed by atoms with van der Waals surface area (Å²) >= 11 is 16.7. The van der Waals surface area contributed by atoms with E-state index >= 15 is 0 Å². The fourth-order valence-electron chi connectivity index (χ4n) is 1.75. The zero-order chi connectivity index (χ0) is 18.4. The molecule has 1 aromatic carbocycles. The lowest BCUT2D eigenvalue weighted by atomic mass is 10.2. The molecule has 0 fully saturated rings. The zero-order valence-corrected chi connectivity index (χ0v) is 13.2. The van der Waals surface area contributed by atoms with Crippen molar-refractivity contribution in [2.45, 2.75) is 12.4 Å². The second-order valence-corrected chi connectivity index (χ2v) is 5.56. The van der Waals surface area contributed by atoms with Gasteiger partial charge in [-0.2, -0.15) is 26.3 Å². The van der Waals surface area contributed by atoms with Crippen LogP contribution in [-0.2, 0) is 12.4 Å². The molecule has 24 heavy (non-hydrogen) atoms. The molecule has 2 rings (SSSR count). The maximum Gasteiger partial charge on any atom is 0.435 e. The highest BCUT2D eigenvalue weighted by Crippen LogP contribution is 2.37. The van der Waals surface area contributed by atoms with Gasteiger partial charge >= 0.3 is 12.4 Å². The summed E-state index contributed by atoms with van der Waals surface area (Å²) in [6.07, 6.45) is -9.31. The van der Waals surface area contributed by atoms with Gasteiger partial charge in [-0.25, -0.2) is 4.98 Å². The minimum absolute atomic E-state index is 0.428. The first-order valence-corrected chi connectivity index (χ1v) is 6.88. The summed E-state index contributed by atoms with van der Waals surface area (Å²) in [5.41, 5.74) is -4.69. The van der Waals surface area contributed by atoms with Crippen molar-refractivity contribution in [3.63, 3.8) is 0 Å². The summed E-state index contributed by atoms with van der Waals surface area (Å²) in [6.45, 7) is 0. The van der Waals surface area contributed by atoms with Crippen LogP contribution < -0.4 is 5.56 Å². The van der Waals surface area contributed by atoms with Crippen LogP contribution in [0.15, 0.2) is 23.3 Å². The predicted molar refractivity (Wildman–Crippen MR) is 74.9 cm³/mol. The Balaban J connectivity index is 2.71. The van der Waals surface area contributed by atoms with Crippen LogP contribution in [0.25, 0.3) is 5.69 Å². The molecule has 3 nitrogen and oxygen atoms in total. The van der Waals surface area contributed by atoms with Crippen LogP contribution in [0.2, 0.25) is 15.1 Å². The van der Waals surface area contributed by atoms with Gasteiger partial charge < -0.3 is 0 Å². The molecule has 0 bridgehead atoms. The molecule has 0 saturated heterocycles. The Morgan fingerprint density at radius 3 is 1.83 bits per heavy atom. The van der Waals surface area contributed by atoms with Gasteiger partial charge in [0.15, 0.2) is 5.69 Å². The second-order valence-electron chi connectivity index (χ2n) is 4.37. The van der Waals surface area contributed by atoms with Gasteiger partial charge in [0, 0.05) is 0 Å². The van der Waals surface area contributed by atoms with Crippen LogP contribution in [-0.4, -0.2) is 9.55 Å². The van der Waals surface area contributed by atoms with Gasteiger partial charge in [-0.15, -0.1) is 0 Å². The Morgan fingerprint density at radius 2 is 1.42 bits per heavy atom. The number of rotatable bonds is 1. The van der Waals surface area contributed by atoms with Crippen molar-refractivity contribution in [3.8, 4) is 5.69 Å². The quantitative estimate of drug-likeness (QED) is 0.602. The predicted octanol–water partition coefficient (Wildman–Crippen LogP) is 5.23. The average Bonchev–Trinajstić information content (AvgIpc) is 2.40. The van der Waals surface area contributed by atoms with E-state index in [4.69, 9.17) is 34.8 Å². The van der Waals surface area contributed by atoms with Crippen molar-refractivity contribution in [1.82, 2.24) is 9.55 Å². The van der Waals surface area contributed by atoms with Crippen molar-refractivity contribution < 1.29 is 26.3 Å². The number of aromatic nitrogens is 2. The Morgan fingerprint density at radius 1 is 0.917 bits per heavy atom. The molecule has 0 radical (unpaired) electrons. The van der Waals surface area contributed by atoms with E-state index in [2.05, 4.69) is 4.98 Å². The van der Waals surface area contributed by atoms with Gasteiger partial charge in [0.05, 0.1) is 21.3 Å². The molecule has 0 saturated carbocycles. The molecule has 0 aliphatic carbocycles.